The minimum Gasteiger partial charge on any atom is -0.341 e. The zero-order chi connectivity index (χ0) is 17.3. The lowest BCUT2D eigenvalue weighted by molar-refractivity contribution is -0.135. The lowest BCUT2D eigenvalue weighted by atomic mass is 9.96. The van der Waals surface area contributed by atoms with Crippen molar-refractivity contribution in [2.24, 2.45) is 11.1 Å². The molecule has 24 heavy (non-hydrogen) atoms. The Balaban J connectivity index is 1.74. The molecule has 1 aromatic carbocycles. The smallest absolute Gasteiger partial charge is 0.238 e. The average molecular weight is 348 g/mol. The van der Waals surface area contributed by atoms with Crippen molar-refractivity contribution in [2.75, 3.05) is 7.05 Å². The highest BCUT2D eigenvalue weighted by Gasteiger charge is 2.27. The molecule has 0 saturated carbocycles. The maximum atomic E-state index is 12.7. The number of hydrogen-bond donors (Lipinski definition) is 1. The second-order valence-electron chi connectivity index (χ2n) is 6.12. The molecule has 2 N–H and O–H groups in total. The summed E-state index contributed by atoms with van der Waals surface area (Å²) in [4.78, 5) is 18.4. The number of sulfonamides is 1. The zero-order valence-corrected chi connectivity index (χ0v) is 14.2. The molecular weight excluding hydrogens is 328 g/mol. The molecule has 1 aliphatic heterocycles. The molecule has 1 aliphatic rings. The van der Waals surface area contributed by atoms with Crippen molar-refractivity contribution < 1.29 is 13.2 Å². The van der Waals surface area contributed by atoms with E-state index >= 15 is 0 Å². The van der Waals surface area contributed by atoms with E-state index in [2.05, 4.69) is 4.98 Å². The first kappa shape index (κ1) is 16.7. The number of nitrogens with zero attached hydrogens (tertiary/aromatic N) is 3. The molecule has 0 radical (unpaired) electrons. The van der Waals surface area contributed by atoms with Gasteiger partial charge in [0.05, 0.1) is 17.1 Å². The summed E-state index contributed by atoms with van der Waals surface area (Å²) in [6, 6.07) is 6.49. The van der Waals surface area contributed by atoms with Gasteiger partial charge in [0.25, 0.3) is 0 Å². The number of fused-ring (bicyclic) bond motifs is 1. The minimum absolute atomic E-state index is 0.00132. The Hall–Kier alpha value is -2.19. The van der Waals surface area contributed by atoms with Gasteiger partial charge in [0.15, 0.2) is 0 Å². The number of primary sulfonamides is 1. The van der Waals surface area contributed by atoms with E-state index in [1.165, 1.54) is 6.07 Å². The molecule has 1 unspecified atom stereocenters. The number of carbonyl (C=O) groups excluding carboxylic acids is 1. The molecule has 3 rings (SSSR count). The third-order valence-electron chi connectivity index (χ3n) is 4.38. The van der Waals surface area contributed by atoms with Gasteiger partial charge in [-0.25, -0.2) is 18.5 Å². The van der Waals surface area contributed by atoms with Crippen LogP contribution in [0.15, 0.2) is 41.7 Å². The van der Waals surface area contributed by atoms with Crippen LogP contribution in [0, 0.1) is 5.92 Å². The molecule has 7 nitrogen and oxygen atoms in total. The number of hydrogen-bond acceptors (Lipinski definition) is 4. The van der Waals surface area contributed by atoms with E-state index in [0.29, 0.717) is 12.1 Å². The van der Waals surface area contributed by atoms with E-state index in [4.69, 9.17) is 5.14 Å². The summed E-state index contributed by atoms with van der Waals surface area (Å²) < 4.78 is 25.4. The largest absolute Gasteiger partial charge is 0.341 e. The van der Waals surface area contributed by atoms with Crippen LogP contribution in [0.1, 0.15) is 17.7 Å². The van der Waals surface area contributed by atoms with Gasteiger partial charge >= 0.3 is 0 Å². The number of rotatable bonds is 4. The number of benzene rings is 1. The Morgan fingerprint density at radius 2 is 2.17 bits per heavy atom. The lowest BCUT2D eigenvalue weighted by Gasteiger charge is -2.28. The van der Waals surface area contributed by atoms with Crippen LogP contribution in [0.25, 0.3) is 0 Å². The van der Waals surface area contributed by atoms with Gasteiger partial charge in [0, 0.05) is 32.0 Å². The third kappa shape index (κ3) is 3.34. The number of aryl methyl sites for hydroxylation is 1. The first-order valence-corrected chi connectivity index (χ1v) is 9.25. The van der Waals surface area contributed by atoms with Crippen LogP contribution in [0.3, 0.4) is 0 Å². The van der Waals surface area contributed by atoms with E-state index in [9.17, 15) is 13.2 Å². The van der Waals surface area contributed by atoms with E-state index < -0.39 is 10.0 Å². The quantitative estimate of drug-likeness (QED) is 0.881. The lowest BCUT2D eigenvalue weighted by Crippen LogP contribution is -2.37. The summed E-state index contributed by atoms with van der Waals surface area (Å²) in [7, 11) is -2.13. The van der Waals surface area contributed by atoms with Crippen molar-refractivity contribution in [3.63, 3.8) is 0 Å². The first-order chi connectivity index (χ1) is 11.4. The molecule has 2 aromatic rings. The molecule has 1 amide bonds. The molecule has 8 heteroatoms. The number of nitrogens with two attached hydrogens (primary N) is 1. The van der Waals surface area contributed by atoms with Gasteiger partial charge in [0.2, 0.25) is 15.9 Å². The standard InChI is InChI=1S/C16H20N4O3S/c1-19(9-12-4-2-3-5-15(12)24(17,22)23)16(21)13-6-7-14-8-18-11-20(14)10-13/h2-5,8,11,13H,6-7,9-10H2,1H3,(H2,17,22,23). The average Bonchev–Trinajstić information content (AvgIpc) is 3.01. The van der Waals surface area contributed by atoms with Gasteiger partial charge in [0.1, 0.15) is 0 Å². The van der Waals surface area contributed by atoms with E-state index in [1.54, 1.807) is 36.5 Å². The van der Waals surface area contributed by atoms with Crippen molar-refractivity contribution in [3.8, 4) is 0 Å². The minimum atomic E-state index is -3.81. The van der Waals surface area contributed by atoms with Crippen LogP contribution in [0.2, 0.25) is 0 Å². The van der Waals surface area contributed by atoms with Crippen LogP contribution in [-0.4, -0.2) is 35.8 Å². The van der Waals surface area contributed by atoms with Crippen LogP contribution in [0.4, 0.5) is 0 Å². The molecule has 1 atom stereocenters. The van der Waals surface area contributed by atoms with Crippen LogP contribution in [-0.2, 0) is 34.3 Å². The van der Waals surface area contributed by atoms with Crippen molar-refractivity contribution >= 4 is 15.9 Å². The SMILES string of the molecule is CN(Cc1ccccc1S(N)(=O)=O)C(=O)C1CCc2cncn2C1. The van der Waals surface area contributed by atoms with Crippen molar-refractivity contribution in [3.05, 3.63) is 48.0 Å². The van der Waals surface area contributed by atoms with Gasteiger partial charge in [-0.1, -0.05) is 18.2 Å². The number of imidazole rings is 1. The molecule has 0 spiro atoms. The summed E-state index contributed by atoms with van der Waals surface area (Å²) in [5.74, 6) is -0.128. The van der Waals surface area contributed by atoms with E-state index in [0.717, 1.165) is 18.5 Å². The maximum Gasteiger partial charge on any atom is 0.238 e. The Morgan fingerprint density at radius 3 is 2.92 bits per heavy atom. The predicted octanol–water partition coefficient (Wildman–Crippen LogP) is 0.751. The fourth-order valence-corrected chi connectivity index (χ4v) is 3.90. The Labute approximate surface area is 141 Å². The Kier molecular flexibility index (Phi) is 4.42. The van der Waals surface area contributed by atoms with Crippen molar-refractivity contribution in [1.29, 1.82) is 0 Å². The second kappa shape index (κ2) is 6.37. The highest BCUT2D eigenvalue weighted by molar-refractivity contribution is 7.89. The first-order valence-electron chi connectivity index (χ1n) is 7.71. The zero-order valence-electron chi connectivity index (χ0n) is 13.4. The number of amides is 1. The van der Waals surface area contributed by atoms with Crippen molar-refractivity contribution in [2.45, 2.75) is 30.8 Å². The number of aromatic nitrogens is 2. The van der Waals surface area contributed by atoms with Gasteiger partial charge in [-0.2, -0.15) is 0 Å². The maximum absolute atomic E-state index is 12.7. The fraction of sp³-hybridized carbons (Fsp3) is 0.375. The highest BCUT2D eigenvalue weighted by atomic mass is 32.2. The van der Waals surface area contributed by atoms with Gasteiger partial charge in [-0.05, 0) is 24.5 Å². The molecule has 0 saturated heterocycles. The monoisotopic (exact) mass is 348 g/mol. The Morgan fingerprint density at radius 1 is 1.42 bits per heavy atom. The summed E-state index contributed by atoms with van der Waals surface area (Å²) in [5, 5.41) is 5.25. The summed E-state index contributed by atoms with van der Waals surface area (Å²) in [6.07, 6.45) is 5.15. The normalized spacial score (nSPS) is 17.3. The van der Waals surface area contributed by atoms with Crippen LogP contribution in [0.5, 0.6) is 0 Å². The topological polar surface area (TPSA) is 98.3 Å². The predicted molar refractivity (Wildman–Crippen MR) is 88.3 cm³/mol. The van der Waals surface area contributed by atoms with Gasteiger partial charge in [-0.15, -0.1) is 0 Å². The summed E-state index contributed by atoms with van der Waals surface area (Å²) in [5.41, 5.74) is 1.66. The van der Waals surface area contributed by atoms with Gasteiger partial charge < -0.3 is 9.47 Å². The number of carbonyl (C=O) groups is 1. The van der Waals surface area contributed by atoms with Gasteiger partial charge in [-0.3, -0.25) is 4.79 Å². The molecule has 128 valence electrons. The molecular formula is C16H20N4O3S. The molecule has 2 heterocycles. The third-order valence-corrected chi connectivity index (χ3v) is 5.39. The molecule has 0 bridgehead atoms. The van der Waals surface area contributed by atoms with Crippen molar-refractivity contribution in [1.82, 2.24) is 14.5 Å². The van der Waals surface area contributed by atoms with Crippen LogP contribution >= 0.6 is 0 Å². The molecule has 0 fully saturated rings. The fourth-order valence-electron chi connectivity index (χ4n) is 3.13. The molecule has 1 aromatic heterocycles. The summed E-state index contributed by atoms with van der Waals surface area (Å²) >= 11 is 0. The van der Waals surface area contributed by atoms with Crippen LogP contribution < -0.4 is 5.14 Å². The summed E-state index contributed by atoms with van der Waals surface area (Å²) in [6.45, 7) is 0.814. The molecule has 0 aliphatic carbocycles. The second-order valence-corrected chi connectivity index (χ2v) is 7.65. The highest BCUT2D eigenvalue weighted by Crippen LogP contribution is 2.22. The Bertz CT molecular complexity index is 860. The van der Waals surface area contributed by atoms with E-state index in [-0.39, 0.29) is 23.3 Å². The van der Waals surface area contributed by atoms with E-state index in [1.807, 2.05) is 10.8 Å².